The minimum Gasteiger partial charge on any atom is -0.492 e. The number of nitrogens with one attached hydrogen (secondary N) is 1. The Morgan fingerprint density at radius 1 is 1.22 bits per heavy atom. The Kier molecular flexibility index (Phi) is 6.76. The second-order valence-corrected chi connectivity index (χ2v) is 4.52. The summed E-state index contributed by atoms with van der Waals surface area (Å²) in [5, 5.41) is 3.18. The summed E-state index contributed by atoms with van der Waals surface area (Å²) in [5.74, 6) is 1.00. The van der Waals surface area contributed by atoms with Gasteiger partial charge in [0.25, 0.3) is 0 Å². The van der Waals surface area contributed by atoms with Crippen LogP contribution in [-0.4, -0.2) is 38.2 Å². The largest absolute Gasteiger partial charge is 0.492 e. The maximum absolute atomic E-state index is 5.90. The molecular weight excluding hydrogens is 224 g/mol. The zero-order chi connectivity index (χ0) is 13.4. The van der Waals surface area contributed by atoms with Crippen molar-refractivity contribution in [3.05, 3.63) is 29.3 Å². The van der Waals surface area contributed by atoms with E-state index in [0.717, 1.165) is 38.5 Å². The minimum atomic E-state index is 0.751. The molecule has 1 aromatic rings. The second-order valence-electron chi connectivity index (χ2n) is 4.52. The lowest BCUT2D eigenvalue weighted by atomic mass is 10.1. The van der Waals surface area contributed by atoms with Crippen molar-refractivity contribution < 1.29 is 4.74 Å². The highest BCUT2D eigenvalue weighted by atomic mass is 16.5. The molecule has 0 aromatic heterocycles. The third-order valence-electron chi connectivity index (χ3n) is 3.14. The molecule has 0 bridgehead atoms. The maximum atomic E-state index is 5.90. The highest BCUT2D eigenvalue weighted by Gasteiger charge is 2.04. The molecule has 0 fully saturated rings. The molecule has 0 spiro atoms. The first-order valence-electron chi connectivity index (χ1n) is 6.80. The summed E-state index contributed by atoms with van der Waals surface area (Å²) in [5.41, 5.74) is 2.51. The fraction of sp³-hybridized carbons (Fsp3) is 0.600. The average molecular weight is 250 g/mol. The van der Waals surface area contributed by atoms with Gasteiger partial charge in [0.05, 0.1) is 0 Å². The molecule has 1 aromatic carbocycles. The van der Waals surface area contributed by atoms with Gasteiger partial charge in [0, 0.05) is 18.7 Å². The first-order chi connectivity index (χ1) is 8.71. The van der Waals surface area contributed by atoms with Crippen molar-refractivity contribution in [2.45, 2.75) is 27.3 Å². The lowest BCUT2D eigenvalue weighted by molar-refractivity contribution is 0.221. The van der Waals surface area contributed by atoms with Crippen molar-refractivity contribution in [2.75, 3.05) is 33.3 Å². The van der Waals surface area contributed by atoms with Crippen molar-refractivity contribution in [3.63, 3.8) is 0 Å². The predicted octanol–water partition coefficient (Wildman–Crippen LogP) is 2.44. The third kappa shape index (κ3) is 4.67. The second kappa shape index (κ2) is 8.11. The highest BCUT2D eigenvalue weighted by Crippen LogP contribution is 2.19. The van der Waals surface area contributed by atoms with E-state index in [4.69, 9.17) is 4.74 Å². The molecule has 1 rings (SSSR count). The van der Waals surface area contributed by atoms with Gasteiger partial charge in [-0.3, -0.25) is 0 Å². The molecule has 0 aliphatic heterocycles. The first kappa shape index (κ1) is 15.0. The van der Waals surface area contributed by atoms with Crippen LogP contribution in [0.15, 0.2) is 18.2 Å². The van der Waals surface area contributed by atoms with Gasteiger partial charge in [-0.2, -0.15) is 0 Å². The van der Waals surface area contributed by atoms with E-state index >= 15 is 0 Å². The molecule has 0 aliphatic rings. The Hall–Kier alpha value is -1.06. The number of benzene rings is 1. The van der Waals surface area contributed by atoms with Gasteiger partial charge in [0.15, 0.2) is 0 Å². The topological polar surface area (TPSA) is 24.5 Å². The molecular formula is C15H26N2O. The molecule has 0 saturated heterocycles. The molecule has 0 unspecified atom stereocenters. The normalized spacial score (nSPS) is 10.9. The van der Waals surface area contributed by atoms with Crippen molar-refractivity contribution in [3.8, 4) is 5.75 Å². The van der Waals surface area contributed by atoms with Crippen LogP contribution in [-0.2, 0) is 6.54 Å². The van der Waals surface area contributed by atoms with Crippen LogP contribution in [0.1, 0.15) is 25.0 Å². The zero-order valence-electron chi connectivity index (χ0n) is 12.1. The predicted molar refractivity (Wildman–Crippen MR) is 77.2 cm³/mol. The van der Waals surface area contributed by atoms with E-state index in [1.807, 2.05) is 7.05 Å². The van der Waals surface area contributed by atoms with E-state index in [9.17, 15) is 0 Å². The molecule has 3 heteroatoms. The fourth-order valence-electron chi connectivity index (χ4n) is 2.00. The number of nitrogens with zero attached hydrogens (tertiary/aromatic N) is 1. The Morgan fingerprint density at radius 3 is 2.56 bits per heavy atom. The van der Waals surface area contributed by atoms with Crippen LogP contribution in [0.5, 0.6) is 5.75 Å². The summed E-state index contributed by atoms with van der Waals surface area (Å²) in [4.78, 5) is 2.37. The quantitative estimate of drug-likeness (QED) is 0.767. The van der Waals surface area contributed by atoms with Gasteiger partial charge >= 0.3 is 0 Å². The lowest BCUT2D eigenvalue weighted by Gasteiger charge is -2.19. The molecule has 0 atom stereocenters. The van der Waals surface area contributed by atoms with E-state index in [0.29, 0.717) is 0 Å². The number of aryl methyl sites for hydroxylation is 1. The number of ether oxygens (including phenoxy) is 1. The summed E-state index contributed by atoms with van der Waals surface area (Å²) >= 11 is 0. The van der Waals surface area contributed by atoms with Crippen LogP contribution in [0.3, 0.4) is 0 Å². The van der Waals surface area contributed by atoms with Gasteiger partial charge in [-0.25, -0.2) is 0 Å². The third-order valence-corrected chi connectivity index (χ3v) is 3.14. The number of rotatable bonds is 8. The Bertz CT molecular complexity index is 348. The summed E-state index contributed by atoms with van der Waals surface area (Å²) in [7, 11) is 1.96. The molecule has 1 N–H and O–H groups in total. The van der Waals surface area contributed by atoms with Gasteiger partial charge in [0.2, 0.25) is 0 Å². The minimum absolute atomic E-state index is 0.751. The maximum Gasteiger partial charge on any atom is 0.123 e. The van der Waals surface area contributed by atoms with E-state index in [1.54, 1.807) is 0 Å². The van der Waals surface area contributed by atoms with Crippen molar-refractivity contribution in [1.29, 1.82) is 0 Å². The van der Waals surface area contributed by atoms with E-state index in [1.165, 1.54) is 11.1 Å². The molecule has 0 amide bonds. The SMILES string of the molecule is CCN(CC)CCOc1ccc(C)cc1CNC. The highest BCUT2D eigenvalue weighted by molar-refractivity contribution is 5.36. The number of likely N-dealkylation sites (N-methyl/N-ethyl adjacent to an activating group) is 1. The Labute approximate surface area is 111 Å². The van der Waals surface area contributed by atoms with Gasteiger partial charge in [-0.15, -0.1) is 0 Å². The molecule has 0 heterocycles. The standard InChI is InChI=1S/C15H26N2O/c1-5-17(6-2)9-10-18-15-8-7-13(3)11-14(15)12-16-4/h7-8,11,16H,5-6,9-10,12H2,1-4H3. The Balaban J connectivity index is 2.55. The monoisotopic (exact) mass is 250 g/mol. The summed E-state index contributed by atoms with van der Waals surface area (Å²) in [6, 6.07) is 6.36. The van der Waals surface area contributed by atoms with Gasteiger partial charge in [-0.1, -0.05) is 31.5 Å². The van der Waals surface area contributed by atoms with Crippen molar-refractivity contribution >= 4 is 0 Å². The van der Waals surface area contributed by atoms with Crippen LogP contribution in [0.4, 0.5) is 0 Å². The van der Waals surface area contributed by atoms with Crippen molar-refractivity contribution in [2.24, 2.45) is 0 Å². The van der Waals surface area contributed by atoms with Crippen LogP contribution in [0.2, 0.25) is 0 Å². The smallest absolute Gasteiger partial charge is 0.123 e. The summed E-state index contributed by atoms with van der Waals surface area (Å²) in [6.45, 7) is 11.2. The molecule has 102 valence electrons. The first-order valence-corrected chi connectivity index (χ1v) is 6.80. The van der Waals surface area contributed by atoms with Crippen molar-refractivity contribution in [1.82, 2.24) is 10.2 Å². The van der Waals surface area contributed by atoms with Crippen LogP contribution < -0.4 is 10.1 Å². The van der Waals surface area contributed by atoms with Crippen LogP contribution in [0, 0.1) is 6.92 Å². The number of hydrogen-bond acceptors (Lipinski definition) is 3. The molecule has 0 saturated carbocycles. The van der Waals surface area contributed by atoms with Crippen LogP contribution >= 0.6 is 0 Å². The summed E-state index contributed by atoms with van der Waals surface area (Å²) in [6.07, 6.45) is 0. The van der Waals surface area contributed by atoms with Gasteiger partial charge in [0.1, 0.15) is 12.4 Å². The lowest BCUT2D eigenvalue weighted by Crippen LogP contribution is -2.28. The average Bonchev–Trinajstić information content (AvgIpc) is 2.37. The molecule has 18 heavy (non-hydrogen) atoms. The zero-order valence-corrected chi connectivity index (χ0v) is 12.1. The van der Waals surface area contributed by atoms with Gasteiger partial charge in [-0.05, 0) is 33.1 Å². The Morgan fingerprint density at radius 2 is 1.94 bits per heavy atom. The van der Waals surface area contributed by atoms with E-state index in [-0.39, 0.29) is 0 Å². The van der Waals surface area contributed by atoms with E-state index in [2.05, 4.69) is 49.2 Å². The van der Waals surface area contributed by atoms with Gasteiger partial charge < -0.3 is 15.0 Å². The van der Waals surface area contributed by atoms with Crippen LogP contribution in [0.25, 0.3) is 0 Å². The number of hydrogen-bond donors (Lipinski definition) is 1. The summed E-state index contributed by atoms with van der Waals surface area (Å²) < 4.78 is 5.90. The fourth-order valence-corrected chi connectivity index (χ4v) is 2.00. The molecule has 0 radical (unpaired) electrons. The molecule has 0 aliphatic carbocycles. The molecule has 3 nitrogen and oxygen atoms in total. The van der Waals surface area contributed by atoms with E-state index < -0.39 is 0 Å².